The van der Waals surface area contributed by atoms with Crippen LogP contribution in [0.3, 0.4) is 0 Å². The summed E-state index contributed by atoms with van der Waals surface area (Å²) in [5, 5.41) is 5.76. The van der Waals surface area contributed by atoms with Crippen LogP contribution in [0.5, 0.6) is 0 Å². The van der Waals surface area contributed by atoms with Gasteiger partial charge in [0, 0.05) is 37.4 Å². The van der Waals surface area contributed by atoms with Gasteiger partial charge in [-0.3, -0.25) is 19.6 Å². The van der Waals surface area contributed by atoms with Crippen molar-refractivity contribution in [3.05, 3.63) is 59.2 Å². The molecule has 2 amide bonds. The second kappa shape index (κ2) is 8.19. The van der Waals surface area contributed by atoms with E-state index in [9.17, 15) is 9.59 Å². The first-order valence-electron chi connectivity index (χ1n) is 7.92. The number of carbonyl (C=O) groups excluding carboxylic acids is 2. The van der Waals surface area contributed by atoms with Crippen LogP contribution in [0.4, 0.5) is 0 Å². The Kier molecular flexibility index (Phi) is 6.01. The van der Waals surface area contributed by atoms with Gasteiger partial charge in [0.15, 0.2) is 0 Å². The molecule has 6 nitrogen and oxygen atoms in total. The molecule has 0 fully saturated rings. The summed E-state index contributed by atoms with van der Waals surface area (Å²) in [6.07, 6.45) is 7.16. The quantitative estimate of drug-likeness (QED) is 0.851. The predicted molar refractivity (Wildman–Crippen MR) is 91.8 cm³/mol. The molecule has 2 aromatic heterocycles. The number of hydrogen-bond acceptors (Lipinski definition) is 4. The normalized spacial score (nSPS) is 11.6. The molecule has 0 saturated carbocycles. The highest BCUT2D eigenvalue weighted by atomic mass is 16.2. The SMILES string of the molecule is CCC(CNC(=O)c1cncc(C)c1)NC(=O)c1cncc(C)c1. The van der Waals surface area contributed by atoms with E-state index in [4.69, 9.17) is 0 Å². The van der Waals surface area contributed by atoms with Crippen molar-refractivity contribution in [1.29, 1.82) is 0 Å². The molecule has 2 heterocycles. The van der Waals surface area contributed by atoms with Crippen molar-refractivity contribution in [3.63, 3.8) is 0 Å². The zero-order valence-electron chi connectivity index (χ0n) is 14.2. The average molecular weight is 326 g/mol. The summed E-state index contributed by atoms with van der Waals surface area (Å²) < 4.78 is 0. The monoisotopic (exact) mass is 326 g/mol. The van der Waals surface area contributed by atoms with Crippen molar-refractivity contribution in [3.8, 4) is 0 Å². The molecule has 0 aliphatic carbocycles. The van der Waals surface area contributed by atoms with E-state index in [1.165, 1.54) is 12.4 Å². The van der Waals surface area contributed by atoms with Crippen molar-refractivity contribution in [2.75, 3.05) is 6.54 Å². The maximum absolute atomic E-state index is 12.3. The second-order valence-corrected chi connectivity index (χ2v) is 5.79. The van der Waals surface area contributed by atoms with Crippen LogP contribution in [-0.2, 0) is 0 Å². The zero-order chi connectivity index (χ0) is 17.5. The van der Waals surface area contributed by atoms with E-state index in [2.05, 4.69) is 20.6 Å². The van der Waals surface area contributed by atoms with Gasteiger partial charge >= 0.3 is 0 Å². The third-order valence-electron chi connectivity index (χ3n) is 3.61. The lowest BCUT2D eigenvalue weighted by Gasteiger charge is -2.18. The van der Waals surface area contributed by atoms with Gasteiger partial charge in [-0.05, 0) is 43.5 Å². The fraction of sp³-hybridized carbons (Fsp3) is 0.333. The lowest BCUT2D eigenvalue weighted by Crippen LogP contribution is -2.43. The third-order valence-corrected chi connectivity index (χ3v) is 3.61. The van der Waals surface area contributed by atoms with Crippen molar-refractivity contribution in [1.82, 2.24) is 20.6 Å². The standard InChI is InChI=1S/C18H22N4O2/c1-4-16(22-18(24)15-6-13(3)8-20-10-15)11-21-17(23)14-5-12(2)7-19-9-14/h5-10,16H,4,11H2,1-3H3,(H,21,23)(H,22,24). The number of nitrogens with zero attached hydrogens (tertiary/aromatic N) is 2. The van der Waals surface area contributed by atoms with Crippen LogP contribution in [-0.4, -0.2) is 34.4 Å². The number of aromatic nitrogens is 2. The van der Waals surface area contributed by atoms with Crippen LogP contribution in [0.25, 0.3) is 0 Å². The van der Waals surface area contributed by atoms with Gasteiger partial charge in [0.05, 0.1) is 11.1 Å². The number of hydrogen-bond donors (Lipinski definition) is 2. The topological polar surface area (TPSA) is 84.0 Å². The summed E-state index contributed by atoms with van der Waals surface area (Å²) in [6, 6.07) is 3.41. The van der Waals surface area contributed by atoms with Gasteiger partial charge in [-0.15, -0.1) is 0 Å². The summed E-state index contributed by atoms with van der Waals surface area (Å²) in [4.78, 5) is 32.4. The first kappa shape index (κ1) is 17.6. The highest BCUT2D eigenvalue weighted by molar-refractivity contribution is 5.95. The van der Waals surface area contributed by atoms with Crippen molar-refractivity contribution in [2.45, 2.75) is 33.2 Å². The largest absolute Gasteiger partial charge is 0.350 e. The first-order chi connectivity index (χ1) is 11.5. The molecule has 6 heteroatoms. The molecule has 2 rings (SSSR count). The maximum Gasteiger partial charge on any atom is 0.253 e. The zero-order valence-corrected chi connectivity index (χ0v) is 14.2. The smallest absolute Gasteiger partial charge is 0.253 e. The maximum atomic E-state index is 12.3. The molecular weight excluding hydrogens is 304 g/mol. The Balaban J connectivity index is 1.92. The van der Waals surface area contributed by atoms with Crippen LogP contribution in [0.2, 0.25) is 0 Å². The highest BCUT2D eigenvalue weighted by Gasteiger charge is 2.14. The molecule has 0 saturated heterocycles. The molecule has 0 aliphatic rings. The molecule has 0 aliphatic heterocycles. The molecule has 0 spiro atoms. The lowest BCUT2D eigenvalue weighted by atomic mass is 10.1. The Morgan fingerprint density at radius 3 is 2.00 bits per heavy atom. The van der Waals surface area contributed by atoms with Crippen LogP contribution < -0.4 is 10.6 Å². The van der Waals surface area contributed by atoms with E-state index in [1.807, 2.05) is 20.8 Å². The molecule has 0 radical (unpaired) electrons. The van der Waals surface area contributed by atoms with E-state index in [0.29, 0.717) is 24.1 Å². The van der Waals surface area contributed by atoms with Gasteiger partial charge in [-0.25, -0.2) is 0 Å². The summed E-state index contributed by atoms with van der Waals surface area (Å²) in [5.74, 6) is -0.388. The Morgan fingerprint density at radius 2 is 1.50 bits per heavy atom. The summed E-state index contributed by atoms with van der Waals surface area (Å²) in [5.41, 5.74) is 2.88. The minimum Gasteiger partial charge on any atom is -0.350 e. The predicted octanol–water partition coefficient (Wildman–Crippen LogP) is 2.03. The Bertz CT molecular complexity index is 730. The Labute approximate surface area is 141 Å². The first-order valence-corrected chi connectivity index (χ1v) is 7.92. The fourth-order valence-corrected chi connectivity index (χ4v) is 2.24. The van der Waals surface area contributed by atoms with Gasteiger partial charge < -0.3 is 10.6 Å². The number of nitrogens with one attached hydrogen (secondary N) is 2. The molecule has 0 bridgehead atoms. The van der Waals surface area contributed by atoms with Gasteiger partial charge in [0.25, 0.3) is 11.8 Å². The van der Waals surface area contributed by atoms with Crippen LogP contribution in [0.15, 0.2) is 36.9 Å². The third kappa shape index (κ3) is 4.87. The van der Waals surface area contributed by atoms with Gasteiger partial charge in [-0.2, -0.15) is 0 Å². The minimum atomic E-state index is -0.198. The molecular formula is C18H22N4O2. The summed E-state index contributed by atoms with van der Waals surface area (Å²) >= 11 is 0. The van der Waals surface area contributed by atoms with Crippen LogP contribution in [0, 0.1) is 13.8 Å². The number of rotatable bonds is 6. The molecule has 24 heavy (non-hydrogen) atoms. The number of aryl methyl sites for hydroxylation is 2. The molecule has 0 aromatic carbocycles. The second-order valence-electron chi connectivity index (χ2n) is 5.79. The number of carbonyl (C=O) groups is 2. The lowest BCUT2D eigenvalue weighted by molar-refractivity contribution is 0.0907. The van der Waals surface area contributed by atoms with Crippen molar-refractivity contribution >= 4 is 11.8 Å². The Hall–Kier alpha value is -2.76. The van der Waals surface area contributed by atoms with E-state index in [1.54, 1.807) is 24.5 Å². The number of amides is 2. The molecule has 126 valence electrons. The molecule has 2 N–H and O–H groups in total. The van der Waals surface area contributed by atoms with E-state index < -0.39 is 0 Å². The Morgan fingerprint density at radius 1 is 0.958 bits per heavy atom. The van der Waals surface area contributed by atoms with Crippen LogP contribution in [0.1, 0.15) is 45.2 Å². The van der Waals surface area contributed by atoms with Crippen molar-refractivity contribution < 1.29 is 9.59 Å². The summed E-state index contributed by atoms with van der Waals surface area (Å²) in [7, 11) is 0. The van der Waals surface area contributed by atoms with E-state index in [0.717, 1.165) is 11.1 Å². The highest BCUT2D eigenvalue weighted by Crippen LogP contribution is 2.03. The van der Waals surface area contributed by atoms with Gasteiger partial charge in [0.1, 0.15) is 0 Å². The van der Waals surface area contributed by atoms with E-state index in [-0.39, 0.29) is 17.9 Å². The van der Waals surface area contributed by atoms with Gasteiger partial charge in [-0.1, -0.05) is 6.92 Å². The minimum absolute atomic E-state index is 0.153. The fourth-order valence-electron chi connectivity index (χ4n) is 2.24. The summed E-state index contributed by atoms with van der Waals surface area (Å²) in [6.45, 7) is 6.08. The molecule has 1 atom stereocenters. The van der Waals surface area contributed by atoms with Crippen LogP contribution >= 0.6 is 0 Å². The number of pyridine rings is 2. The average Bonchev–Trinajstić information content (AvgIpc) is 2.58. The van der Waals surface area contributed by atoms with E-state index >= 15 is 0 Å². The van der Waals surface area contributed by atoms with Gasteiger partial charge in [0.2, 0.25) is 0 Å². The molecule has 1 unspecified atom stereocenters. The molecule has 2 aromatic rings. The van der Waals surface area contributed by atoms with Crippen molar-refractivity contribution in [2.24, 2.45) is 0 Å².